The van der Waals surface area contributed by atoms with Gasteiger partial charge < -0.3 is 28.4 Å². The Hall–Kier alpha value is -2.45. The van der Waals surface area contributed by atoms with Crippen LogP contribution in [0.3, 0.4) is 0 Å². The van der Waals surface area contributed by atoms with Gasteiger partial charge in [0.25, 0.3) is 0 Å². The Bertz CT molecular complexity index is 825. The average molecular weight is 439 g/mol. The van der Waals surface area contributed by atoms with Gasteiger partial charge in [-0.1, -0.05) is 5.16 Å². The van der Waals surface area contributed by atoms with E-state index in [0.717, 1.165) is 25.0 Å². The molecule has 2 heterocycles. The van der Waals surface area contributed by atoms with Gasteiger partial charge >= 0.3 is 0 Å². The van der Waals surface area contributed by atoms with E-state index in [4.69, 9.17) is 35.1 Å². The monoisotopic (exact) mass is 438 g/mol. The topological polar surface area (TPSA) is 83.3 Å². The van der Waals surface area contributed by atoms with Gasteiger partial charge in [0.15, 0.2) is 17.3 Å². The molecule has 0 aliphatic carbocycles. The van der Waals surface area contributed by atoms with Gasteiger partial charge in [-0.2, -0.15) is 0 Å². The molecule has 1 saturated heterocycles. The number of hydrogen-bond acceptors (Lipinski definition) is 7. The van der Waals surface area contributed by atoms with Gasteiger partial charge in [-0.05, 0) is 25.0 Å². The number of hydrogen-bond donors (Lipinski definition) is 0. The molecule has 0 radical (unpaired) electrons. The van der Waals surface area contributed by atoms with Crippen molar-refractivity contribution in [2.45, 2.75) is 31.9 Å². The number of carbonyl (C=O) groups excluding carboxylic acids is 1. The second-order valence-electron chi connectivity index (χ2n) is 6.94. The summed E-state index contributed by atoms with van der Waals surface area (Å²) in [6.07, 6.45) is 2.27. The van der Waals surface area contributed by atoms with Crippen molar-refractivity contribution < 1.29 is 28.3 Å². The lowest BCUT2D eigenvalue weighted by Gasteiger charge is -2.24. The van der Waals surface area contributed by atoms with Gasteiger partial charge in [0.2, 0.25) is 11.7 Å². The molecule has 9 heteroatoms. The summed E-state index contributed by atoms with van der Waals surface area (Å²) < 4.78 is 27.4. The molecule has 1 fully saturated rings. The standard InChI is InChI=1S/C21H27ClN2O6/c1-26-18-9-14(10-19(27-2)21(18)28-3)17-11-15(23-30-17)12-24(20(25)6-7-22)13-16-5-4-8-29-16/h9-11,16H,4-8,12-13H2,1-3H3/t16-/m0/s1. The van der Waals surface area contributed by atoms with Crippen LogP contribution < -0.4 is 14.2 Å². The average Bonchev–Trinajstić information content (AvgIpc) is 3.44. The van der Waals surface area contributed by atoms with Gasteiger partial charge in [-0.25, -0.2) is 0 Å². The van der Waals surface area contributed by atoms with Crippen molar-refractivity contribution in [2.75, 3.05) is 40.4 Å². The van der Waals surface area contributed by atoms with E-state index in [-0.39, 0.29) is 24.3 Å². The maximum Gasteiger partial charge on any atom is 0.224 e. The van der Waals surface area contributed by atoms with E-state index in [9.17, 15) is 4.79 Å². The lowest BCUT2D eigenvalue weighted by atomic mass is 10.1. The number of alkyl halides is 1. The number of aromatic nitrogens is 1. The maximum atomic E-state index is 12.5. The van der Waals surface area contributed by atoms with E-state index in [2.05, 4.69) is 5.16 Å². The van der Waals surface area contributed by atoms with Crippen molar-refractivity contribution in [3.63, 3.8) is 0 Å². The molecule has 3 rings (SSSR count). The van der Waals surface area contributed by atoms with Gasteiger partial charge in [-0.15, -0.1) is 11.6 Å². The molecule has 1 aliphatic rings. The van der Waals surface area contributed by atoms with Gasteiger partial charge in [-0.3, -0.25) is 4.79 Å². The molecule has 30 heavy (non-hydrogen) atoms. The summed E-state index contributed by atoms with van der Waals surface area (Å²) in [5, 5.41) is 4.15. The Morgan fingerprint density at radius 1 is 1.20 bits per heavy atom. The predicted molar refractivity (Wildman–Crippen MR) is 111 cm³/mol. The van der Waals surface area contributed by atoms with Gasteiger partial charge in [0.1, 0.15) is 5.69 Å². The molecule has 1 atom stereocenters. The minimum Gasteiger partial charge on any atom is -0.493 e. The van der Waals surface area contributed by atoms with Crippen LogP contribution in [0.25, 0.3) is 11.3 Å². The first-order chi connectivity index (χ1) is 14.6. The van der Waals surface area contributed by atoms with E-state index in [1.54, 1.807) is 44.4 Å². The highest BCUT2D eigenvalue weighted by atomic mass is 35.5. The summed E-state index contributed by atoms with van der Waals surface area (Å²) in [5.41, 5.74) is 1.36. The highest BCUT2D eigenvalue weighted by molar-refractivity contribution is 6.18. The third kappa shape index (κ3) is 5.17. The molecule has 1 amide bonds. The zero-order chi connectivity index (χ0) is 21.5. The molecule has 0 unspecified atom stereocenters. The van der Waals surface area contributed by atoms with Crippen molar-refractivity contribution in [3.8, 4) is 28.6 Å². The van der Waals surface area contributed by atoms with Crippen LogP contribution in [0.1, 0.15) is 25.0 Å². The Balaban J connectivity index is 1.81. The fourth-order valence-corrected chi connectivity index (χ4v) is 3.63. The van der Waals surface area contributed by atoms with E-state index >= 15 is 0 Å². The highest BCUT2D eigenvalue weighted by Gasteiger charge is 2.24. The van der Waals surface area contributed by atoms with Crippen LogP contribution >= 0.6 is 11.6 Å². The van der Waals surface area contributed by atoms with Crippen molar-refractivity contribution in [3.05, 3.63) is 23.9 Å². The fraction of sp³-hybridized carbons (Fsp3) is 0.524. The van der Waals surface area contributed by atoms with E-state index in [1.165, 1.54) is 0 Å². The molecule has 0 saturated carbocycles. The van der Waals surface area contributed by atoms with Crippen molar-refractivity contribution in [1.82, 2.24) is 10.1 Å². The number of amides is 1. The Morgan fingerprint density at radius 3 is 2.50 bits per heavy atom. The molecule has 2 aromatic rings. The van der Waals surface area contributed by atoms with Gasteiger partial charge in [0.05, 0.1) is 34.0 Å². The zero-order valence-corrected chi connectivity index (χ0v) is 18.2. The largest absolute Gasteiger partial charge is 0.493 e. The van der Waals surface area contributed by atoms with Gasteiger partial charge in [0, 0.05) is 37.1 Å². The fourth-order valence-electron chi connectivity index (χ4n) is 3.47. The first-order valence-corrected chi connectivity index (χ1v) is 10.3. The smallest absolute Gasteiger partial charge is 0.224 e. The molecule has 1 aromatic heterocycles. The molecular formula is C21H27ClN2O6. The molecule has 0 spiro atoms. The van der Waals surface area contributed by atoms with E-state index < -0.39 is 0 Å². The first-order valence-electron chi connectivity index (χ1n) is 9.80. The van der Waals surface area contributed by atoms with E-state index in [0.29, 0.717) is 41.8 Å². The predicted octanol–water partition coefficient (Wildman–Crippen LogP) is 3.50. The second kappa shape index (κ2) is 10.5. The number of halogens is 1. The molecular weight excluding hydrogens is 412 g/mol. The van der Waals surface area contributed by atoms with Crippen LogP contribution in [0, 0.1) is 0 Å². The van der Waals surface area contributed by atoms with Crippen molar-refractivity contribution in [1.29, 1.82) is 0 Å². The lowest BCUT2D eigenvalue weighted by Crippen LogP contribution is -2.37. The minimum absolute atomic E-state index is 0.0298. The highest BCUT2D eigenvalue weighted by Crippen LogP contribution is 2.41. The Labute approximate surface area is 181 Å². The summed E-state index contributed by atoms with van der Waals surface area (Å²) >= 11 is 5.78. The number of carbonyl (C=O) groups is 1. The molecule has 0 bridgehead atoms. The number of ether oxygens (including phenoxy) is 4. The Morgan fingerprint density at radius 2 is 1.93 bits per heavy atom. The third-order valence-corrected chi connectivity index (χ3v) is 5.16. The van der Waals surface area contributed by atoms with Crippen LogP contribution in [0.5, 0.6) is 17.2 Å². The second-order valence-corrected chi connectivity index (χ2v) is 7.32. The Kier molecular flexibility index (Phi) is 7.81. The summed E-state index contributed by atoms with van der Waals surface area (Å²) in [4.78, 5) is 14.3. The number of methoxy groups -OCH3 is 3. The molecule has 1 aromatic carbocycles. The van der Waals surface area contributed by atoms with Crippen LogP contribution in [0.2, 0.25) is 0 Å². The summed E-state index contributed by atoms with van der Waals surface area (Å²) in [6.45, 7) is 1.57. The number of benzene rings is 1. The molecule has 164 valence electrons. The minimum atomic E-state index is -0.0298. The number of nitrogens with zero attached hydrogens (tertiary/aromatic N) is 2. The molecule has 0 N–H and O–H groups in total. The van der Waals surface area contributed by atoms with Crippen molar-refractivity contribution >= 4 is 17.5 Å². The van der Waals surface area contributed by atoms with Crippen LogP contribution in [-0.2, 0) is 16.1 Å². The third-order valence-electron chi connectivity index (χ3n) is 4.97. The maximum absolute atomic E-state index is 12.5. The van der Waals surface area contributed by atoms with Crippen molar-refractivity contribution in [2.24, 2.45) is 0 Å². The number of rotatable bonds is 10. The van der Waals surface area contributed by atoms with Crippen LogP contribution in [0.4, 0.5) is 0 Å². The lowest BCUT2D eigenvalue weighted by molar-refractivity contribution is -0.133. The molecule has 8 nitrogen and oxygen atoms in total. The SMILES string of the molecule is COc1cc(-c2cc(CN(C[C@@H]3CCCO3)C(=O)CCCl)no2)cc(OC)c1OC. The van der Waals surface area contributed by atoms with Crippen LogP contribution in [0.15, 0.2) is 22.7 Å². The summed E-state index contributed by atoms with van der Waals surface area (Å²) in [6, 6.07) is 5.38. The first kappa shape index (κ1) is 22.2. The van der Waals surface area contributed by atoms with E-state index in [1.807, 2.05) is 0 Å². The zero-order valence-electron chi connectivity index (χ0n) is 17.5. The molecule has 1 aliphatic heterocycles. The quantitative estimate of drug-likeness (QED) is 0.525. The summed E-state index contributed by atoms with van der Waals surface area (Å²) in [5.74, 6) is 2.31. The van der Waals surface area contributed by atoms with Crippen LogP contribution in [-0.4, -0.2) is 62.4 Å². The summed E-state index contributed by atoms with van der Waals surface area (Å²) in [7, 11) is 4.66. The normalized spacial score (nSPS) is 15.8.